The zero-order chi connectivity index (χ0) is 21.7. The van der Waals surface area contributed by atoms with E-state index in [9.17, 15) is 19.6 Å². The van der Waals surface area contributed by atoms with Gasteiger partial charge < -0.3 is 25.3 Å². The summed E-state index contributed by atoms with van der Waals surface area (Å²) >= 11 is 0. The van der Waals surface area contributed by atoms with Crippen LogP contribution in [-0.2, 0) is 24.9 Å². The van der Waals surface area contributed by atoms with Gasteiger partial charge in [0.1, 0.15) is 5.75 Å². The number of hydrogen-bond donors (Lipinski definition) is 6. The molecule has 1 amide bonds. The van der Waals surface area contributed by atoms with Gasteiger partial charge in [0, 0.05) is 13.0 Å². The smallest absolute Gasteiger partial charge is 0.465 e. The van der Waals surface area contributed by atoms with Gasteiger partial charge in [0.25, 0.3) is 0 Å². The Labute approximate surface area is 163 Å². The van der Waals surface area contributed by atoms with E-state index in [1.54, 1.807) is 12.1 Å². The van der Waals surface area contributed by atoms with Crippen LogP contribution in [0.25, 0.3) is 0 Å². The maximum Gasteiger partial charge on any atom is 0.465 e. The van der Waals surface area contributed by atoms with Crippen LogP contribution in [0.1, 0.15) is 43.2 Å². The molecule has 1 aromatic rings. The Morgan fingerprint density at radius 3 is 2.36 bits per heavy atom. The van der Waals surface area contributed by atoms with Gasteiger partial charge >= 0.3 is 15.5 Å². The Bertz CT molecular complexity index is 723. The summed E-state index contributed by atoms with van der Waals surface area (Å²) in [6.07, 6.45) is 2.88. The zero-order valence-electron chi connectivity index (χ0n) is 15.5. The number of rotatable bonds is 10. The van der Waals surface area contributed by atoms with Crippen molar-refractivity contribution in [3.05, 3.63) is 29.3 Å². The normalized spacial score (nSPS) is 11.9. The molecule has 0 aliphatic carbocycles. The van der Waals surface area contributed by atoms with Crippen LogP contribution in [0.2, 0.25) is 0 Å². The van der Waals surface area contributed by atoms with Crippen molar-refractivity contribution >= 4 is 21.4 Å². The number of aliphatic hydroxyl groups excluding tert-OH is 1. The lowest BCUT2D eigenvalue weighted by Crippen LogP contribution is -2.24. The van der Waals surface area contributed by atoms with E-state index in [1.165, 1.54) is 0 Å². The molecule has 1 aromatic carbocycles. The molecule has 0 aliphatic heterocycles. The van der Waals surface area contributed by atoms with E-state index in [1.807, 2.05) is 13.0 Å². The summed E-state index contributed by atoms with van der Waals surface area (Å²) in [5.41, 5.74) is 1.78. The van der Waals surface area contributed by atoms with E-state index in [0.717, 1.165) is 11.1 Å². The third-order valence-corrected chi connectivity index (χ3v) is 4.79. The monoisotopic (exact) mass is 439 g/mol. The highest BCUT2D eigenvalue weighted by Gasteiger charge is 2.25. The number of phenolic OH excluding ortho intramolecular Hbond substituents is 1. The molecular weight excluding hydrogens is 412 g/mol. The van der Waals surface area contributed by atoms with Crippen LogP contribution in [-0.4, -0.2) is 43.2 Å². The molecule has 0 aliphatic rings. The first kappa shape index (κ1) is 26.5. The highest BCUT2D eigenvalue weighted by Crippen LogP contribution is 2.41. The van der Waals surface area contributed by atoms with Crippen molar-refractivity contribution in [2.75, 3.05) is 6.54 Å². The molecule has 1 unspecified atom stereocenters. The largest absolute Gasteiger partial charge is 0.508 e. The number of hydrogen-bond acceptors (Lipinski definition) is 6. The lowest BCUT2D eigenvalue weighted by Gasteiger charge is -2.11. The summed E-state index contributed by atoms with van der Waals surface area (Å²) in [6.45, 7) is 2.31. The minimum absolute atomic E-state index is 0.0540. The second kappa shape index (κ2) is 13.6. The zero-order valence-corrected chi connectivity index (χ0v) is 17.3. The van der Waals surface area contributed by atoms with Gasteiger partial charge in [0.05, 0.1) is 0 Å². The minimum Gasteiger partial charge on any atom is -0.508 e. The minimum atomic E-state index is -4.40. The van der Waals surface area contributed by atoms with Gasteiger partial charge in [-0.2, -0.15) is 0 Å². The first-order chi connectivity index (χ1) is 12.9. The third-order valence-electron chi connectivity index (χ3n) is 3.75. The summed E-state index contributed by atoms with van der Waals surface area (Å²) < 4.78 is 27.9. The number of carbonyl (C=O) groups is 1. The predicted octanol–water partition coefficient (Wildman–Crippen LogP) is 1.87. The molecule has 0 saturated heterocycles. The van der Waals surface area contributed by atoms with E-state index in [2.05, 4.69) is 5.32 Å². The molecular formula is C16H27NO9P2. The number of amides is 1. The number of carbonyl (C=O) groups excluding carboxylic acids is 1. The third kappa shape index (κ3) is 13.6. The first-order valence-electron chi connectivity index (χ1n) is 8.55. The molecule has 0 saturated carbocycles. The summed E-state index contributed by atoms with van der Waals surface area (Å²) in [4.78, 5) is 36.2. The number of unbranched alkanes of at least 4 members (excludes halogenated alkanes) is 2. The number of benzene rings is 1. The molecule has 0 bridgehead atoms. The van der Waals surface area contributed by atoms with Crippen molar-refractivity contribution in [1.29, 1.82) is 0 Å². The van der Waals surface area contributed by atoms with Gasteiger partial charge in [0.15, 0.2) is 5.85 Å². The first-order valence-corrected chi connectivity index (χ1v) is 11.4. The molecule has 160 valence electrons. The van der Waals surface area contributed by atoms with Crippen LogP contribution in [0.15, 0.2) is 18.2 Å². The Balaban J connectivity index is 0.00000165. The molecule has 28 heavy (non-hydrogen) atoms. The van der Waals surface area contributed by atoms with E-state index in [0.29, 0.717) is 38.6 Å². The standard InChI is InChI=1S/C16H26NO6P.HO3P/c1-12-11-13(6-8-14(12)18)7-9-15(19)17-10-4-2-3-5-16(20)24(21,22)23;1-4(2)3/h6,8,11,16,18,20H,2-5,7,9-10H2,1H3,(H,17,19)(H2,21,22,23);(H,1,2,3). The molecule has 0 heterocycles. The summed E-state index contributed by atoms with van der Waals surface area (Å²) in [5, 5.41) is 21.4. The molecule has 6 N–H and O–H groups in total. The number of aryl methyl sites for hydroxylation is 2. The molecule has 12 heteroatoms. The highest BCUT2D eigenvalue weighted by atomic mass is 31.2. The Morgan fingerprint density at radius 1 is 1.21 bits per heavy atom. The van der Waals surface area contributed by atoms with Crippen LogP contribution < -0.4 is 5.32 Å². The fraction of sp³-hybridized carbons (Fsp3) is 0.562. The van der Waals surface area contributed by atoms with Gasteiger partial charge in [-0.05, 0) is 43.4 Å². The topological polar surface area (TPSA) is 181 Å². The number of phenols is 1. The number of nitrogens with one attached hydrogen (secondary N) is 1. The van der Waals surface area contributed by atoms with Crippen LogP contribution in [0, 0.1) is 6.92 Å². The molecule has 1 rings (SSSR count). The Kier molecular flexibility index (Phi) is 12.9. The summed E-state index contributed by atoms with van der Waals surface area (Å²) in [6, 6.07) is 5.27. The molecule has 1 atom stereocenters. The molecule has 0 spiro atoms. The lowest BCUT2D eigenvalue weighted by molar-refractivity contribution is -0.121. The maximum atomic E-state index is 11.7. The average Bonchev–Trinajstić information content (AvgIpc) is 2.57. The van der Waals surface area contributed by atoms with Crippen molar-refractivity contribution in [1.82, 2.24) is 5.32 Å². The Morgan fingerprint density at radius 2 is 1.82 bits per heavy atom. The number of aliphatic hydroxyl groups is 1. The SMILES string of the molecule is Cc1cc(CCC(=O)NCCCCCC(O)P(=O)(O)O)ccc1O.O=P(=O)O. The quantitative estimate of drug-likeness (QED) is 0.234. The van der Waals surface area contributed by atoms with E-state index >= 15 is 0 Å². The maximum absolute atomic E-state index is 11.7. The van der Waals surface area contributed by atoms with Gasteiger partial charge in [-0.25, -0.2) is 9.13 Å². The van der Waals surface area contributed by atoms with E-state index in [4.69, 9.17) is 23.8 Å². The summed E-state index contributed by atoms with van der Waals surface area (Å²) in [5.74, 6) is -1.41. The van der Waals surface area contributed by atoms with Gasteiger partial charge in [-0.15, -0.1) is 0 Å². The molecule has 0 aromatic heterocycles. The highest BCUT2D eigenvalue weighted by molar-refractivity contribution is 7.52. The van der Waals surface area contributed by atoms with E-state index in [-0.39, 0.29) is 18.1 Å². The fourth-order valence-corrected chi connectivity index (χ4v) is 2.76. The average molecular weight is 439 g/mol. The van der Waals surface area contributed by atoms with Crippen molar-refractivity contribution in [2.45, 2.75) is 51.3 Å². The van der Waals surface area contributed by atoms with Crippen molar-refractivity contribution in [3.63, 3.8) is 0 Å². The predicted molar refractivity (Wildman–Crippen MR) is 101 cm³/mol. The van der Waals surface area contributed by atoms with Crippen molar-refractivity contribution < 1.29 is 43.4 Å². The van der Waals surface area contributed by atoms with Crippen molar-refractivity contribution in [2.24, 2.45) is 0 Å². The van der Waals surface area contributed by atoms with Crippen LogP contribution >= 0.6 is 15.5 Å². The Hall–Kier alpha value is -1.54. The molecule has 0 radical (unpaired) electrons. The summed E-state index contributed by atoms with van der Waals surface area (Å²) in [7, 11) is -7.52. The lowest BCUT2D eigenvalue weighted by atomic mass is 10.1. The van der Waals surface area contributed by atoms with Crippen molar-refractivity contribution in [3.8, 4) is 5.75 Å². The van der Waals surface area contributed by atoms with Gasteiger partial charge in [-0.3, -0.25) is 14.3 Å². The second-order valence-corrected chi connectivity index (χ2v) is 8.38. The van der Waals surface area contributed by atoms with E-state index < -0.39 is 21.3 Å². The fourth-order valence-electron chi connectivity index (χ4n) is 2.24. The van der Waals surface area contributed by atoms with Crippen LogP contribution in [0.5, 0.6) is 5.75 Å². The number of aromatic hydroxyl groups is 1. The van der Waals surface area contributed by atoms with Gasteiger partial charge in [-0.1, -0.05) is 25.0 Å². The second-order valence-electron chi connectivity index (χ2n) is 6.13. The molecule has 0 fully saturated rings. The molecule has 10 nitrogen and oxygen atoms in total. The van der Waals surface area contributed by atoms with Crippen LogP contribution in [0.3, 0.4) is 0 Å². The van der Waals surface area contributed by atoms with Crippen LogP contribution in [0.4, 0.5) is 0 Å². The van der Waals surface area contributed by atoms with Gasteiger partial charge in [0.2, 0.25) is 5.91 Å².